The number of aromatic nitrogens is 1. The molecule has 0 atom stereocenters. The number of halogens is 1. The summed E-state index contributed by atoms with van der Waals surface area (Å²) in [5.74, 6) is -0.830. The molecule has 0 radical (unpaired) electrons. The van der Waals surface area contributed by atoms with Crippen molar-refractivity contribution >= 4 is 27.8 Å². The summed E-state index contributed by atoms with van der Waals surface area (Å²) in [6.07, 6.45) is 0. The minimum Gasteiger partial charge on any atom is -0.494 e. The molecule has 0 saturated heterocycles. The number of hydrogen-bond acceptors (Lipinski definition) is 7. The minimum absolute atomic E-state index is 0.0552. The lowest BCUT2D eigenvalue weighted by Gasteiger charge is -2.09. The van der Waals surface area contributed by atoms with E-state index in [1.807, 2.05) is 24.4 Å². The Morgan fingerprint density at radius 3 is 2.77 bits per heavy atom. The smallest absolute Gasteiger partial charge is 0.295 e. The molecule has 0 fully saturated rings. The first-order chi connectivity index (χ1) is 10.4. The highest BCUT2D eigenvalue weighted by molar-refractivity contribution is 7.13. The van der Waals surface area contributed by atoms with Crippen molar-refractivity contribution in [2.24, 2.45) is 0 Å². The summed E-state index contributed by atoms with van der Waals surface area (Å²) in [7, 11) is 5.06. The van der Waals surface area contributed by atoms with Crippen molar-refractivity contribution in [3.63, 3.8) is 0 Å². The van der Waals surface area contributed by atoms with Crippen molar-refractivity contribution in [3.8, 4) is 5.75 Å². The Hall–Kier alpha value is -2.42. The van der Waals surface area contributed by atoms with Crippen LogP contribution in [0, 0.1) is 15.9 Å². The number of benzene rings is 1. The molecule has 0 amide bonds. The van der Waals surface area contributed by atoms with Crippen molar-refractivity contribution in [1.82, 2.24) is 4.98 Å². The molecule has 1 aromatic heterocycles. The first-order valence-electron chi connectivity index (χ1n) is 6.30. The Bertz CT molecular complexity index is 690. The van der Waals surface area contributed by atoms with Gasteiger partial charge in [0.2, 0.25) is 0 Å². The molecule has 0 bridgehead atoms. The molecule has 1 heterocycles. The zero-order valence-electron chi connectivity index (χ0n) is 12.3. The molecule has 7 nitrogen and oxygen atoms in total. The van der Waals surface area contributed by atoms with E-state index in [2.05, 4.69) is 10.3 Å². The Balaban J connectivity index is 2.22. The zero-order valence-corrected chi connectivity index (χ0v) is 13.1. The predicted octanol–water partition coefficient (Wildman–Crippen LogP) is 2.88. The van der Waals surface area contributed by atoms with E-state index in [1.54, 1.807) is 0 Å². The van der Waals surface area contributed by atoms with Gasteiger partial charge in [0, 0.05) is 25.5 Å². The second-order valence-corrected chi connectivity index (χ2v) is 5.47. The SMILES string of the molecule is COc1cc(NCc2csc(N(C)C)n2)c([N+](=O)[O-])cc1F. The summed E-state index contributed by atoms with van der Waals surface area (Å²) in [4.78, 5) is 16.6. The van der Waals surface area contributed by atoms with Gasteiger partial charge in [0.05, 0.1) is 30.3 Å². The largest absolute Gasteiger partial charge is 0.494 e. The molecule has 0 aliphatic rings. The minimum atomic E-state index is -0.775. The molecule has 0 aliphatic heterocycles. The maximum Gasteiger partial charge on any atom is 0.295 e. The standard InChI is InChI=1S/C13H15FN4O3S/c1-17(2)13-16-8(7-22-13)6-15-10-5-12(21-3)9(14)4-11(10)18(19)20/h4-5,7,15H,6H2,1-3H3. The number of anilines is 2. The first kappa shape index (κ1) is 16.0. The van der Waals surface area contributed by atoms with E-state index in [4.69, 9.17) is 4.74 Å². The zero-order chi connectivity index (χ0) is 16.3. The first-order valence-corrected chi connectivity index (χ1v) is 7.18. The van der Waals surface area contributed by atoms with Crippen LogP contribution >= 0.6 is 11.3 Å². The fourth-order valence-corrected chi connectivity index (χ4v) is 2.52. The summed E-state index contributed by atoms with van der Waals surface area (Å²) >= 11 is 1.47. The molecule has 0 aliphatic carbocycles. The molecular formula is C13H15FN4O3S. The Kier molecular flexibility index (Phi) is 4.76. The normalized spacial score (nSPS) is 10.4. The van der Waals surface area contributed by atoms with E-state index < -0.39 is 10.7 Å². The highest BCUT2D eigenvalue weighted by atomic mass is 32.1. The summed E-state index contributed by atoms with van der Waals surface area (Å²) in [5.41, 5.74) is 0.579. The van der Waals surface area contributed by atoms with E-state index >= 15 is 0 Å². The van der Waals surface area contributed by atoms with Gasteiger partial charge in [0.25, 0.3) is 5.69 Å². The van der Waals surface area contributed by atoms with Gasteiger partial charge in [-0.15, -0.1) is 11.3 Å². The van der Waals surface area contributed by atoms with Crippen LogP contribution in [0.2, 0.25) is 0 Å². The molecule has 118 valence electrons. The number of nitro benzene ring substituents is 1. The van der Waals surface area contributed by atoms with Crippen LogP contribution in [0.4, 0.5) is 20.9 Å². The van der Waals surface area contributed by atoms with Gasteiger partial charge in [0.1, 0.15) is 5.69 Å². The molecule has 0 unspecified atom stereocenters. The third-order valence-corrected chi connectivity index (χ3v) is 3.91. The maximum absolute atomic E-state index is 13.6. The number of nitrogens with zero attached hydrogens (tertiary/aromatic N) is 3. The number of methoxy groups -OCH3 is 1. The van der Waals surface area contributed by atoms with Gasteiger partial charge in [0.15, 0.2) is 16.7 Å². The number of rotatable bonds is 6. The molecule has 0 saturated carbocycles. The fourth-order valence-electron chi connectivity index (χ4n) is 1.76. The van der Waals surface area contributed by atoms with Gasteiger partial charge in [-0.3, -0.25) is 10.1 Å². The molecule has 2 aromatic rings. The highest BCUT2D eigenvalue weighted by Gasteiger charge is 2.19. The lowest BCUT2D eigenvalue weighted by Crippen LogP contribution is -2.09. The number of hydrogen-bond donors (Lipinski definition) is 1. The molecule has 1 aromatic carbocycles. The topological polar surface area (TPSA) is 80.5 Å². The van der Waals surface area contributed by atoms with Crippen molar-refractivity contribution in [1.29, 1.82) is 0 Å². The lowest BCUT2D eigenvalue weighted by atomic mass is 10.2. The fraction of sp³-hybridized carbons (Fsp3) is 0.308. The van der Waals surface area contributed by atoms with Crippen LogP contribution in [-0.4, -0.2) is 31.1 Å². The van der Waals surface area contributed by atoms with E-state index in [0.29, 0.717) is 6.54 Å². The van der Waals surface area contributed by atoms with E-state index in [-0.39, 0.29) is 17.1 Å². The Morgan fingerprint density at radius 1 is 1.50 bits per heavy atom. The van der Waals surface area contributed by atoms with Crippen LogP contribution in [0.3, 0.4) is 0 Å². The summed E-state index contributed by atoms with van der Waals surface area (Å²) in [6, 6.07) is 2.11. The number of nitro groups is 1. The van der Waals surface area contributed by atoms with Crippen molar-refractivity contribution in [2.75, 3.05) is 31.4 Å². The van der Waals surface area contributed by atoms with Gasteiger partial charge in [-0.2, -0.15) is 0 Å². The van der Waals surface area contributed by atoms with Crippen LogP contribution in [0.25, 0.3) is 0 Å². The highest BCUT2D eigenvalue weighted by Crippen LogP contribution is 2.32. The molecule has 2 rings (SSSR count). The monoisotopic (exact) mass is 326 g/mol. The van der Waals surface area contributed by atoms with Gasteiger partial charge in [-0.1, -0.05) is 0 Å². The average molecular weight is 326 g/mol. The van der Waals surface area contributed by atoms with Gasteiger partial charge < -0.3 is 15.0 Å². The van der Waals surface area contributed by atoms with E-state index in [1.165, 1.54) is 24.5 Å². The number of thiazole rings is 1. The quantitative estimate of drug-likeness (QED) is 0.649. The second kappa shape index (κ2) is 6.56. The second-order valence-electron chi connectivity index (χ2n) is 4.63. The van der Waals surface area contributed by atoms with Gasteiger partial charge in [-0.25, -0.2) is 9.37 Å². The third-order valence-electron chi connectivity index (χ3n) is 2.85. The summed E-state index contributed by atoms with van der Waals surface area (Å²) in [5, 5.41) is 16.6. The van der Waals surface area contributed by atoms with Crippen LogP contribution in [-0.2, 0) is 6.54 Å². The van der Waals surface area contributed by atoms with Crippen molar-refractivity contribution in [2.45, 2.75) is 6.54 Å². The van der Waals surface area contributed by atoms with Gasteiger partial charge in [-0.05, 0) is 0 Å². The van der Waals surface area contributed by atoms with Crippen LogP contribution in [0.15, 0.2) is 17.5 Å². The summed E-state index contributed by atoms with van der Waals surface area (Å²) in [6.45, 7) is 0.292. The van der Waals surface area contributed by atoms with Crippen LogP contribution < -0.4 is 15.0 Å². The van der Waals surface area contributed by atoms with Crippen molar-refractivity contribution < 1.29 is 14.1 Å². The number of nitrogens with one attached hydrogen (secondary N) is 1. The average Bonchev–Trinajstić information content (AvgIpc) is 2.94. The maximum atomic E-state index is 13.6. The Labute approximate surface area is 130 Å². The van der Waals surface area contributed by atoms with Crippen LogP contribution in [0.1, 0.15) is 5.69 Å². The van der Waals surface area contributed by atoms with Crippen LogP contribution in [0.5, 0.6) is 5.75 Å². The molecule has 9 heteroatoms. The molecule has 1 N–H and O–H groups in total. The molecular weight excluding hydrogens is 311 g/mol. The summed E-state index contributed by atoms with van der Waals surface area (Å²) < 4.78 is 18.4. The molecule has 22 heavy (non-hydrogen) atoms. The molecule has 0 spiro atoms. The third kappa shape index (κ3) is 3.42. The van der Waals surface area contributed by atoms with Gasteiger partial charge >= 0.3 is 0 Å². The lowest BCUT2D eigenvalue weighted by molar-refractivity contribution is -0.384. The van der Waals surface area contributed by atoms with Crippen molar-refractivity contribution in [3.05, 3.63) is 39.1 Å². The Morgan fingerprint density at radius 2 is 2.23 bits per heavy atom. The predicted molar refractivity (Wildman–Crippen MR) is 83.4 cm³/mol. The van der Waals surface area contributed by atoms with E-state index in [9.17, 15) is 14.5 Å². The van der Waals surface area contributed by atoms with E-state index in [0.717, 1.165) is 16.9 Å². The number of ether oxygens (including phenoxy) is 1.